The molecule has 0 fully saturated rings. The van der Waals surface area contributed by atoms with Crippen molar-refractivity contribution < 1.29 is 23.1 Å². The first-order chi connectivity index (χ1) is 7.34. The highest BCUT2D eigenvalue weighted by molar-refractivity contribution is 5.77. The zero-order valence-electron chi connectivity index (χ0n) is 8.11. The van der Waals surface area contributed by atoms with Gasteiger partial charge >= 0.3 is 12.1 Å². The molecular weight excluding hydrogens is 223 g/mol. The Bertz CT molecular complexity index is 364. The molecule has 0 bridgehead atoms. The number of carboxylic acids is 1. The van der Waals surface area contributed by atoms with Crippen LogP contribution in [0.4, 0.5) is 13.2 Å². The van der Waals surface area contributed by atoms with E-state index in [1.807, 2.05) is 0 Å². The van der Waals surface area contributed by atoms with E-state index in [-0.39, 0.29) is 5.56 Å². The molecule has 0 aromatic heterocycles. The quantitative estimate of drug-likeness (QED) is 0.835. The summed E-state index contributed by atoms with van der Waals surface area (Å²) in [4.78, 5) is 10.8. The molecule has 0 heterocycles. The van der Waals surface area contributed by atoms with Crippen molar-refractivity contribution in [1.82, 2.24) is 0 Å². The number of rotatable bonds is 3. The van der Waals surface area contributed by atoms with Crippen molar-refractivity contribution in [3.63, 3.8) is 0 Å². The summed E-state index contributed by atoms with van der Waals surface area (Å²) in [5.74, 6) is -3.36. The first-order valence-electron chi connectivity index (χ1n) is 4.44. The van der Waals surface area contributed by atoms with Gasteiger partial charge in [-0.1, -0.05) is 30.3 Å². The number of hydrogen-bond donors (Lipinski definition) is 2. The first kappa shape index (κ1) is 12.5. The van der Waals surface area contributed by atoms with Gasteiger partial charge in [0.15, 0.2) is 0 Å². The molecule has 2 atom stereocenters. The van der Waals surface area contributed by atoms with Gasteiger partial charge in [-0.05, 0) is 5.56 Å². The van der Waals surface area contributed by atoms with Gasteiger partial charge in [-0.25, -0.2) is 0 Å². The summed E-state index contributed by atoms with van der Waals surface area (Å²) in [6.45, 7) is 0. The van der Waals surface area contributed by atoms with Crippen molar-refractivity contribution in [1.29, 1.82) is 0 Å². The second-order valence-corrected chi connectivity index (χ2v) is 3.29. The molecule has 1 rings (SSSR count). The number of halogens is 3. The predicted molar refractivity (Wildman–Crippen MR) is 50.8 cm³/mol. The third-order valence-electron chi connectivity index (χ3n) is 2.16. The first-order valence-corrected chi connectivity index (χ1v) is 4.44. The van der Waals surface area contributed by atoms with E-state index >= 15 is 0 Å². The van der Waals surface area contributed by atoms with Gasteiger partial charge in [-0.3, -0.25) is 4.79 Å². The number of carboxylic acid groups (broad SMARTS) is 1. The SMILES string of the molecule is NC(C(C(=O)O)c1ccccc1)C(F)(F)F. The monoisotopic (exact) mass is 233 g/mol. The van der Waals surface area contributed by atoms with Crippen molar-refractivity contribution in [2.24, 2.45) is 5.73 Å². The fourth-order valence-corrected chi connectivity index (χ4v) is 1.35. The Balaban J connectivity index is 3.07. The summed E-state index contributed by atoms with van der Waals surface area (Å²) in [6, 6.07) is 4.73. The van der Waals surface area contributed by atoms with Crippen molar-refractivity contribution in [3.05, 3.63) is 35.9 Å². The van der Waals surface area contributed by atoms with E-state index in [2.05, 4.69) is 0 Å². The summed E-state index contributed by atoms with van der Waals surface area (Å²) in [5, 5.41) is 8.78. The lowest BCUT2D eigenvalue weighted by Crippen LogP contribution is -2.45. The normalized spacial score (nSPS) is 15.5. The molecule has 0 radical (unpaired) electrons. The van der Waals surface area contributed by atoms with Crippen LogP contribution in [-0.2, 0) is 4.79 Å². The van der Waals surface area contributed by atoms with Crippen LogP contribution in [0.25, 0.3) is 0 Å². The van der Waals surface area contributed by atoms with Crippen LogP contribution in [0, 0.1) is 0 Å². The van der Waals surface area contributed by atoms with Gasteiger partial charge in [0, 0.05) is 0 Å². The largest absolute Gasteiger partial charge is 0.481 e. The summed E-state index contributed by atoms with van der Waals surface area (Å²) < 4.78 is 37.1. The molecule has 0 amide bonds. The van der Waals surface area contributed by atoms with E-state index in [0.717, 1.165) is 0 Å². The van der Waals surface area contributed by atoms with Crippen LogP contribution in [0.3, 0.4) is 0 Å². The number of hydrogen-bond acceptors (Lipinski definition) is 2. The minimum Gasteiger partial charge on any atom is -0.481 e. The molecule has 1 aromatic rings. The van der Waals surface area contributed by atoms with Crippen molar-refractivity contribution in [2.45, 2.75) is 18.1 Å². The number of aliphatic carboxylic acids is 1. The van der Waals surface area contributed by atoms with E-state index in [1.54, 1.807) is 6.07 Å². The molecule has 0 aliphatic heterocycles. The molecule has 3 nitrogen and oxygen atoms in total. The average molecular weight is 233 g/mol. The Morgan fingerprint density at radius 1 is 1.25 bits per heavy atom. The van der Waals surface area contributed by atoms with E-state index in [0.29, 0.717) is 0 Å². The lowest BCUT2D eigenvalue weighted by Gasteiger charge is -2.22. The minimum atomic E-state index is -4.74. The van der Waals surface area contributed by atoms with E-state index < -0.39 is 24.1 Å². The number of alkyl halides is 3. The highest BCUT2D eigenvalue weighted by Crippen LogP contribution is 2.30. The van der Waals surface area contributed by atoms with Crippen LogP contribution in [-0.4, -0.2) is 23.3 Å². The molecule has 0 saturated heterocycles. The summed E-state index contributed by atoms with van der Waals surface area (Å²) in [5.41, 5.74) is 4.96. The summed E-state index contributed by atoms with van der Waals surface area (Å²) in [7, 11) is 0. The molecule has 0 aliphatic carbocycles. The molecule has 88 valence electrons. The van der Waals surface area contributed by atoms with Crippen LogP contribution in [0.2, 0.25) is 0 Å². The molecule has 2 unspecified atom stereocenters. The number of benzene rings is 1. The average Bonchev–Trinajstić information content (AvgIpc) is 2.17. The smallest absolute Gasteiger partial charge is 0.404 e. The fraction of sp³-hybridized carbons (Fsp3) is 0.300. The topological polar surface area (TPSA) is 63.3 Å². The summed E-state index contributed by atoms with van der Waals surface area (Å²) in [6.07, 6.45) is -4.74. The van der Waals surface area contributed by atoms with Crippen molar-refractivity contribution in [2.75, 3.05) is 0 Å². The highest BCUT2D eigenvalue weighted by atomic mass is 19.4. The predicted octanol–water partition coefficient (Wildman–Crippen LogP) is 1.74. The summed E-state index contributed by atoms with van der Waals surface area (Å²) >= 11 is 0. The van der Waals surface area contributed by atoms with Crippen LogP contribution < -0.4 is 5.73 Å². The Kier molecular flexibility index (Phi) is 3.54. The third kappa shape index (κ3) is 2.73. The molecule has 0 spiro atoms. The number of nitrogens with two attached hydrogens (primary N) is 1. The van der Waals surface area contributed by atoms with Gasteiger partial charge in [0.05, 0.1) is 0 Å². The van der Waals surface area contributed by atoms with Gasteiger partial charge < -0.3 is 10.8 Å². The Morgan fingerprint density at radius 2 is 1.75 bits per heavy atom. The van der Waals surface area contributed by atoms with Gasteiger partial charge in [-0.2, -0.15) is 13.2 Å². The fourth-order valence-electron chi connectivity index (χ4n) is 1.35. The third-order valence-corrected chi connectivity index (χ3v) is 2.16. The second kappa shape index (κ2) is 4.52. The van der Waals surface area contributed by atoms with Gasteiger partial charge in [-0.15, -0.1) is 0 Å². The molecule has 3 N–H and O–H groups in total. The molecule has 0 saturated carbocycles. The van der Waals surface area contributed by atoms with Crippen molar-refractivity contribution >= 4 is 5.97 Å². The second-order valence-electron chi connectivity index (χ2n) is 3.29. The van der Waals surface area contributed by atoms with Crippen LogP contribution in [0.5, 0.6) is 0 Å². The zero-order valence-corrected chi connectivity index (χ0v) is 8.11. The van der Waals surface area contributed by atoms with Gasteiger partial charge in [0.1, 0.15) is 12.0 Å². The van der Waals surface area contributed by atoms with E-state index in [1.165, 1.54) is 24.3 Å². The molecule has 1 aromatic carbocycles. The Morgan fingerprint density at radius 3 is 2.12 bits per heavy atom. The standard InChI is InChI=1S/C10H10F3NO2/c11-10(12,13)8(14)7(9(15)16)6-4-2-1-3-5-6/h1-5,7-8H,14H2,(H,15,16). The van der Waals surface area contributed by atoms with Crippen LogP contribution in [0.15, 0.2) is 30.3 Å². The number of carbonyl (C=O) groups is 1. The van der Waals surface area contributed by atoms with E-state index in [4.69, 9.17) is 10.8 Å². The zero-order chi connectivity index (χ0) is 12.3. The maximum atomic E-state index is 12.4. The minimum absolute atomic E-state index is 0.0415. The highest BCUT2D eigenvalue weighted by Gasteiger charge is 2.45. The Hall–Kier alpha value is -1.56. The lowest BCUT2D eigenvalue weighted by atomic mass is 9.92. The Labute approximate surface area is 89.7 Å². The maximum Gasteiger partial charge on any atom is 0.404 e. The maximum absolute atomic E-state index is 12.4. The molecule has 16 heavy (non-hydrogen) atoms. The van der Waals surface area contributed by atoms with Crippen molar-refractivity contribution in [3.8, 4) is 0 Å². The van der Waals surface area contributed by atoms with Crippen LogP contribution in [0.1, 0.15) is 11.5 Å². The molecule has 6 heteroatoms. The molecular formula is C10H10F3NO2. The van der Waals surface area contributed by atoms with Crippen LogP contribution >= 0.6 is 0 Å². The van der Waals surface area contributed by atoms with Gasteiger partial charge in [0.25, 0.3) is 0 Å². The molecule has 0 aliphatic rings. The van der Waals surface area contributed by atoms with Gasteiger partial charge in [0.2, 0.25) is 0 Å². The van der Waals surface area contributed by atoms with E-state index in [9.17, 15) is 18.0 Å². The lowest BCUT2D eigenvalue weighted by molar-refractivity contribution is -0.165.